The average Bonchev–Trinajstić information content (AvgIpc) is 2.47. The van der Waals surface area contributed by atoms with Crippen LogP contribution in [-0.2, 0) is 14.3 Å². The Morgan fingerprint density at radius 2 is 1.90 bits per heavy atom. The highest BCUT2D eigenvalue weighted by atomic mass is 16.5. The van der Waals surface area contributed by atoms with Gasteiger partial charge in [0.15, 0.2) is 0 Å². The van der Waals surface area contributed by atoms with Crippen molar-refractivity contribution in [1.29, 1.82) is 0 Å². The topological polar surface area (TPSA) is 58.6 Å². The van der Waals surface area contributed by atoms with Gasteiger partial charge in [0.1, 0.15) is 12.1 Å². The lowest BCUT2D eigenvalue weighted by molar-refractivity contribution is -0.149. The summed E-state index contributed by atoms with van der Waals surface area (Å²) in [4.78, 5) is 26.3. The molecule has 5 heteroatoms. The van der Waals surface area contributed by atoms with Crippen molar-refractivity contribution >= 4 is 11.8 Å². The van der Waals surface area contributed by atoms with E-state index in [9.17, 15) is 9.59 Å². The Bertz CT molecular complexity index is 502. The van der Waals surface area contributed by atoms with Gasteiger partial charge in [0.05, 0.1) is 12.7 Å². The molecule has 5 nitrogen and oxygen atoms in total. The highest BCUT2D eigenvalue weighted by Crippen LogP contribution is 2.21. The molecule has 2 atom stereocenters. The molecule has 1 aromatic rings. The Balaban J connectivity index is 2.12. The molecule has 1 aliphatic rings. The smallest absolute Gasteiger partial charge is 0.250 e. The number of piperazine rings is 1. The van der Waals surface area contributed by atoms with Crippen molar-refractivity contribution in [3.63, 3.8) is 0 Å². The summed E-state index contributed by atoms with van der Waals surface area (Å²) in [6.07, 6.45) is 0.110. The lowest BCUT2D eigenvalue weighted by atomic mass is 10.0. The number of nitrogens with one attached hydrogen (secondary N) is 1. The normalized spacial score (nSPS) is 22.6. The molecule has 1 N–H and O–H groups in total. The van der Waals surface area contributed by atoms with Gasteiger partial charge in [0.25, 0.3) is 5.91 Å². The van der Waals surface area contributed by atoms with Crippen molar-refractivity contribution in [2.45, 2.75) is 39.0 Å². The van der Waals surface area contributed by atoms with Crippen molar-refractivity contribution in [3.8, 4) is 0 Å². The van der Waals surface area contributed by atoms with E-state index in [2.05, 4.69) is 5.32 Å². The second kappa shape index (κ2) is 6.72. The Morgan fingerprint density at radius 1 is 1.24 bits per heavy atom. The molecule has 2 unspecified atom stereocenters. The van der Waals surface area contributed by atoms with Crippen LogP contribution in [0.4, 0.5) is 0 Å². The van der Waals surface area contributed by atoms with Crippen molar-refractivity contribution in [2.75, 3.05) is 13.2 Å². The molecule has 1 heterocycles. The highest BCUT2D eigenvalue weighted by molar-refractivity contribution is 5.97. The van der Waals surface area contributed by atoms with Gasteiger partial charge in [-0.1, -0.05) is 30.3 Å². The third-order valence-electron chi connectivity index (χ3n) is 3.58. The molecule has 1 saturated heterocycles. The molecule has 114 valence electrons. The van der Waals surface area contributed by atoms with E-state index in [0.717, 1.165) is 5.56 Å². The van der Waals surface area contributed by atoms with Crippen LogP contribution in [0.5, 0.6) is 0 Å². The van der Waals surface area contributed by atoms with Crippen LogP contribution in [0.3, 0.4) is 0 Å². The minimum Gasteiger partial charge on any atom is -0.377 e. The first-order chi connectivity index (χ1) is 10.0. The second-order valence-corrected chi connectivity index (χ2v) is 5.48. The maximum Gasteiger partial charge on any atom is 0.250 e. The summed E-state index contributed by atoms with van der Waals surface area (Å²) in [7, 11) is 0. The molecule has 0 bridgehead atoms. The summed E-state index contributed by atoms with van der Waals surface area (Å²) in [5, 5.41) is 2.79. The van der Waals surface area contributed by atoms with E-state index in [1.54, 1.807) is 11.8 Å². The molecule has 2 amide bonds. The van der Waals surface area contributed by atoms with E-state index in [0.29, 0.717) is 13.2 Å². The van der Waals surface area contributed by atoms with Crippen molar-refractivity contribution < 1.29 is 14.3 Å². The van der Waals surface area contributed by atoms with Crippen molar-refractivity contribution in [3.05, 3.63) is 35.9 Å². The quantitative estimate of drug-likeness (QED) is 0.894. The first-order valence-electron chi connectivity index (χ1n) is 7.28. The van der Waals surface area contributed by atoms with Gasteiger partial charge < -0.3 is 15.0 Å². The minimum absolute atomic E-state index is 0.0827. The SMILES string of the molecule is CC(C)OCCN1C(=O)C(c2ccccc2)NC(=O)C1C. The number of carbonyl (C=O) groups excluding carboxylic acids is 2. The van der Waals surface area contributed by atoms with E-state index in [-0.39, 0.29) is 17.9 Å². The zero-order chi connectivity index (χ0) is 15.4. The molecule has 1 aromatic carbocycles. The molecule has 1 aliphatic heterocycles. The predicted molar refractivity (Wildman–Crippen MR) is 79.6 cm³/mol. The molecule has 0 saturated carbocycles. The summed E-state index contributed by atoms with van der Waals surface area (Å²) in [6.45, 7) is 6.49. The fourth-order valence-electron chi connectivity index (χ4n) is 2.38. The maximum atomic E-state index is 12.6. The van der Waals surface area contributed by atoms with E-state index in [1.165, 1.54) is 0 Å². The maximum absolute atomic E-state index is 12.6. The number of hydrogen-bond acceptors (Lipinski definition) is 3. The van der Waals surface area contributed by atoms with E-state index >= 15 is 0 Å². The average molecular weight is 290 g/mol. The summed E-state index contributed by atoms with van der Waals surface area (Å²) in [6, 6.07) is 8.23. The molecule has 2 rings (SSSR count). The molecule has 0 aromatic heterocycles. The standard InChI is InChI=1S/C16H22N2O3/c1-11(2)21-10-9-18-12(3)15(19)17-14(16(18)20)13-7-5-4-6-8-13/h4-8,11-12,14H,9-10H2,1-3H3,(H,17,19). The van der Waals surface area contributed by atoms with Crippen LogP contribution in [-0.4, -0.2) is 42.0 Å². The molecular weight excluding hydrogens is 268 g/mol. The molecule has 0 aliphatic carbocycles. The number of hydrogen-bond donors (Lipinski definition) is 1. The van der Waals surface area contributed by atoms with Crippen LogP contribution in [0, 0.1) is 0 Å². The summed E-state index contributed by atoms with van der Waals surface area (Å²) in [5.41, 5.74) is 0.803. The molecule has 0 spiro atoms. The lowest BCUT2D eigenvalue weighted by Gasteiger charge is -2.37. The first kappa shape index (κ1) is 15.5. The van der Waals surface area contributed by atoms with Gasteiger partial charge in [-0.15, -0.1) is 0 Å². The van der Waals surface area contributed by atoms with Crippen LogP contribution in [0.2, 0.25) is 0 Å². The number of amides is 2. The minimum atomic E-state index is -0.603. The van der Waals surface area contributed by atoms with E-state index in [4.69, 9.17) is 4.74 Å². The predicted octanol–water partition coefficient (Wildman–Crippen LogP) is 1.50. The largest absolute Gasteiger partial charge is 0.377 e. The monoisotopic (exact) mass is 290 g/mol. The third-order valence-corrected chi connectivity index (χ3v) is 3.58. The summed E-state index contributed by atoms with van der Waals surface area (Å²) in [5.74, 6) is -0.214. The van der Waals surface area contributed by atoms with E-state index in [1.807, 2.05) is 44.2 Å². The second-order valence-electron chi connectivity index (χ2n) is 5.48. The van der Waals surface area contributed by atoms with Crippen molar-refractivity contribution in [2.24, 2.45) is 0 Å². The Labute approximate surface area is 125 Å². The van der Waals surface area contributed by atoms with Crippen molar-refractivity contribution in [1.82, 2.24) is 10.2 Å². The van der Waals surface area contributed by atoms with Gasteiger partial charge in [0.2, 0.25) is 5.91 Å². The van der Waals surface area contributed by atoms with E-state index < -0.39 is 12.1 Å². The van der Waals surface area contributed by atoms with Gasteiger partial charge in [-0.25, -0.2) is 0 Å². The molecule has 21 heavy (non-hydrogen) atoms. The Morgan fingerprint density at radius 3 is 2.52 bits per heavy atom. The lowest BCUT2D eigenvalue weighted by Crippen LogP contribution is -2.59. The van der Waals surface area contributed by atoms with Crippen LogP contribution in [0.15, 0.2) is 30.3 Å². The Hall–Kier alpha value is -1.88. The zero-order valence-electron chi connectivity index (χ0n) is 12.7. The number of ether oxygens (including phenoxy) is 1. The van der Waals surface area contributed by atoms with Gasteiger partial charge in [0, 0.05) is 6.54 Å². The van der Waals surface area contributed by atoms with Crippen LogP contribution >= 0.6 is 0 Å². The Kier molecular flexibility index (Phi) is 4.96. The summed E-state index contributed by atoms with van der Waals surface area (Å²) < 4.78 is 5.49. The molecule has 1 fully saturated rings. The fourth-order valence-corrected chi connectivity index (χ4v) is 2.38. The fraction of sp³-hybridized carbons (Fsp3) is 0.500. The van der Waals surface area contributed by atoms with Gasteiger partial charge in [-0.05, 0) is 26.3 Å². The van der Waals surface area contributed by atoms with Gasteiger partial charge in [-0.2, -0.15) is 0 Å². The van der Waals surface area contributed by atoms with Crippen LogP contribution in [0.25, 0.3) is 0 Å². The number of carbonyl (C=O) groups is 2. The van der Waals surface area contributed by atoms with Gasteiger partial charge in [-0.3, -0.25) is 9.59 Å². The number of rotatable bonds is 5. The molecular formula is C16H22N2O3. The number of benzene rings is 1. The number of nitrogens with zero attached hydrogens (tertiary/aromatic N) is 1. The molecule has 0 radical (unpaired) electrons. The van der Waals surface area contributed by atoms with Gasteiger partial charge >= 0.3 is 0 Å². The van der Waals surface area contributed by atoms with Crippen LogP contribution < -0.4 is 5.32 Å². The zero-order valence-corrected chi connectivity index (χ0v) is 12.7. The highest BCUT2D eigenvalue weighted by Gasteiger charge is 2.38. The third kappa shape index (κ3) is 3.61. The van der Waals surface area contributed by atoms with Crippen LogP contribution in [0.1, 0.15) is 32.4 Å². The summed E-state index contributed by atoms with van der Waals surface area (Å²) >= 11 is 0. The first-order valence-corrected chi connectivity index (χ1v) is 7.28.